The van der Waals surface area contributed by atoms with E-state index in [4.69, 9.17) is 9.26 Å². The lowest BCUT2D eigenvalue weighted by Crippen LogP contribution is -2.45. The second-order valence-corrected chi connectivity index (χ2v) is 6.81. The lowest BCUT2D eigenvalue weighted by Gasteiger charge is -2.29. The van der Waals surface area contributed by atoms with Crippen LogP contribution in [0.25, 0.3) is 11.4 Å². The standard InChI is InChI=1S/C20H21N5O4/c1-12(19-23-17(24-29-19)14-5-3-4-6-16(14)28-2)22-20(27)25-10-8-13-7-9-21-18(26)15(13)11-25/h3-7,9,12H,8,10-11H2,1-2H3,(H,21,26)(H,22,27). The second kappa shape index (κ2) is 7.78. The number of nitrogens with zero attached hydrogens (tertiary/aromatic N) is 3. The molecule has 9 nitrogen and oxygen atoms in total. The van der Waals surface area contributed by atoms with E-state index in [9.17, 15) is 9.59 Å². The second-order valence-electron chi connectivity index (χ2n) is 6.81. The van der Waals surface area contributed by atoms with Crippen LogP contribution in [0.2, 0.25) is 0 Å². The third-order valence-electron chi connectivity index (χ3n) is 4.95. The first kappa shape index (κ1) is 18.7. The highest BCUT2D eigenvalue weighted by molar-refractivity contribution is 5.75. The van der Waals surface area contributed by atoms with Gasteiger partial charge in [0.1, 0.15) is 11.8 Å². The molecule has 29 heavy (non-hydrogen) atoms. The van der Waals surface area contributed by atoms with Crippen molar-refractivity contribution < 1.29 is 14.1 Å². The summed E-state index contributed by atoms with van der Waals surface area (Å²) in [6.45, 7) is 2.56. The number of ether oxygens (including phenoxy) is 1. The number of pyridine rings is 1. The maximum Gasteiger partial charge on any atom is 0.318 e. The van der Waals surface area contributed by atoms with Gasteiger partial charge >= 0.3 is 6.03 Å². The van der Waals surface area contributed by atoms with Crippen molar-refractivity contribution in [2.45, 2.75) is 25.9 Å². The van der Waals surface area contributed by atoms with E-state index in [0.717, 1.165) is 5.56 Å². The van der Waals surface area contributed by atoms with Gasteiger partial charge in [-0.15, -0.1) is 0 Å². The molecule has 1 aliphatic rings. The molecule has 1 aliphatic heterocycles. The Morgan fingerprint density at radius 2 is 2.17 bits per heavy atom. The molecule has 0 aliphatic carbocycles. The van der Waals surface area contributed by atoms with Crippen molar-refractivity contribution in [2.75, 3.05) is 13.7 Å². The van der Waals surface area contributed by atoms with Crippen molar-refractivity contribution in [3.05, 3.63) is 63.9 Å². The van der Waals surface area contributed by atoms with Crippen LogP contribution in [0.3, 0.4) is 0 Å². The van der Waals surface area contributed by atoms with Gasteiger partial charge in [-0.2, -0.15) is 4.98 Å². The van der Waals surface area contributed by atoms with E-state index in [2.05, 4.69) is 20.4 Å². The average Bonchev–Trinajstić information content (AvgIpc) is 3.24. The summed E-state index contributed by atoms with van der Waals surface area (Å²) < 4.78 is 10.7. The number of urea groups is 1. The Hall–Kier alpha value is -3.62. The van der Waals surface area contributed by atoms with Crippen molar-refractivity contribution in [3.8, 4) is 17.1 Å². The Morgan fingerprint density at radius 3 is 3.00 bits per heavy atom. The fourth-order valence-electron chi connectivity index (χ4n) is 3.35. The molecule has 0 fully saturated rings. The Bertz CT molecular complexity index is 1090. The van der Waals surface area contributed by atoms with Gasteiger partial charge in [-0.25, -0.2) is 4.79 Å². The van der Waals surface area contributed by atoms with Crippen molar-refractivity contribution in [1.82, 2.24) is 25.3 Å². The highest BCUT2D eigenvalue weighted by atomic mass is 16.5. The minimum atomic E-state index is -0.492. The van der Waals surface area contributed by atoms with Crippen molar-refractivity contribution in [1.29, 1.82) is 0 Å². The summed E-state index contributed by atoms with van der Waals surface area (Å²) in [6, 6.07) is 8.46. The number of fused-ring (bicyclic) bond motifs is 1. The molecule has 0 bridgehead atoms. The van der Waals surface area contributed by atoms with Crippen LogP contribution in [0.4, 0.5) is 4.79 Å². The van der Waals surface area contributed by atoms with Crippen LogP contribution in [-0.2, 0) is 13.0 Å². The van der Waals surface area contributed by atoms with Gasteiger partial charge in [0.05, 0.1) is 19.2 Å². The fourth-order valence-corrected chi connectivity index (χ4v) is 3.35. The van der Waals surface area contributed by atoms with E-state index in [1.807, 2.05) is 30.3 Å². The lowest BCUT2D eigenvalue weighted by molar-refractivity contribution is 0.186. The third-order valence-corrected chi connectivity index (χ3v) is 4.95. The van der Waals surface area contributed by atoms with Gasteiger partial charge in [-0.3, -0.25) is 4.79 Å². The number of para-hydroxylation sites is 1. The van der Waals surface area contributed by atoms with Gasteiger partial charge in [-0.05, 0) is 37.1 Å². The lowest BCUT2D eigenvalue weighted by atomic mass is 10.0. The number of rotatable bonds is 4. The molecular formula is C20H21N5O4. The molecular weight excluding hydrogens is 374 g/mol. The maximum absolute atomic E-state index is 12.7. The van der Waals surface area contributed by atoms with Crippen molar-refractivity contribution >= 4 is 6.03 Å². The molecule has 3 heterocycles. The number of H-pyrrole nitrogens is 1. The monoisotopic (exact) mass is 395 g/mol. The minimum Gasteiger partial charge on any atom is -0.496 e. The number of hydrogen-bond donors (Lipinski definition) is 2. The van der Waals surface area contributed by atoms with E-state index >= 15 is 0 Å². The molecule has 1 unspecified atom stereocenters. The first-order chi connectivity index (χ1) is 14.1. The van der Waals surface area contributed by atoms with Gasteiger partial charge in [0.2, 0.25) is 11.7 Å². The number of nitrogens with one attached hydrogen (secondary N) is 2. The smallest absolute Gasteiger partial charge is 0.318 e. The molecule has 0 saturated carbocycles. The predicted octanol–water partition coefficient (Wildman–Crippen LogP) is 2.26. The number of benzene rings is 1. The highest BCUT2D eigenvalue weighted by Crippen LogP contribution is 2.28. The number of carbonyl (C=O) groups is 1. The molecule has 1 aromatic carbocycles. The van der Waals surface area contributed by atoms with Crippen molar-refractivity contribution in [3.63, 3.8) is 0 Å². The van der Waals surface area contributed by atoms with Crippen LogP contribution < -0.4 is 15.6 Å². The van der Waals surface area contributed by atoms with Gasteiger partial charge in [0, 0.05) is 18.3 Å². The van der Waals surface area contributed by atoms with Crippen LogP contribution in [0.1, 0.15) is 30.0 Å². The molecule has 3 aromatic rings. The SMILES string of the molecule is COc1ccccc1-c1noc(C(C)NC(=O)N2CCc3cc[nH]c(=O)c3C2)n1. The summed E-state index contributed by atoms with van der Waals surface area (Å²) >= 11 is 0. The van der Waals surface area contributed by atoms with E-state index < -0.39 is 6.04 Å². The molecule has 2 amide bonds. The molecule has 1 atom stereocenters. The summed E-state index contributed by atoms with van der Waals surface area (Å²) in [4.78, 5) is 33.3. The van der Waals surface area contributed by atoms with Crippen LogP contribution >= 0.6 is 0 Å². The first-order valence-electron chi connectivity index (χ1n) is 9.28. The molecule has 4 rings (SSSR count). The minimum absolute atomic E-state index is 0.161. The summed E-state index contributed by atoms with van der Waals surface area (Å²) in [6.07, 6.45) is 2.27. The number of methoxy groups -OCH3 is 1. The Balaban J connectivity index is 1.46. The first-order valence-corrected chi connectivity index (χ1v) is 9.28. The molecule has 0 radical (unpaired) electrons. The van der Waals surface area contributed by atoms with Crippen LogP contribution in [0.5, 0.6) is 5.75 Å². The number of aromatic amines is 1. The van der Waals surface area contributed by atoms with Gasteiger partial charge in [-0.1, -0.05) is 17.3 Å². The predicted molar refractivity (Wildman–Crippen MR) is 104 cm³/mol. The Morgan fingerprint density at radius 1 is 1.34 bits per heavy atom. The van der Waals surface area contributed by atoms with Gasteiger partial charge in [0.15, 0.2) is 0 Å². The number of hydrogen-bond acceptors (Lipinski definition) is 6. The van der Waals surface area contributed by atoms with E-state index in [1.165, 1.54) is 0 Å². The molecule has 9 heteroatoms. The molecule has 150 valence electrons. The zero-order valence-corrected chi connectivity index (χ0v) is 16.1. The zero-order chi connectivity index (χ0) is 20.4. The normalized spacial score (nSPS) is 14.2. The number of aromatic nitrogens is 3. The summed E-state index contributed by atoms with van der Waals surface area (Å²) in [5.74, 6) is 1.31. The average molecular weight is 395 g/mol. The van der Waals surface area contributed by atoms with Crippen molar-refractivity contribution in [2.24, 2.45) is 0 Å². The van der Waals surface area contributed by atoms with Gasteiger partial charge in [0.25, 0.3) is 5.56 Å². The third kappa shape index (κ3) is 3.71. The van der Waals surface area contributed by atoms with E-state index in [0.29, 0.717) is 35.7 Å². The summed E-state index contributed by atoms with van der Waals surface area (Å²) in [5.41, 5.74) is 2.14. The Labute approximate surface area is 166 Å². The topological polar surface area (TPSA) is 113 Å². The maximum atomic E-state index is 12.7. The number of amides is 2. The fraction of sp³-hybridized carbons (Fsp3) is 0.300. The molecule has 2 N–H and O–H groups in total. The number of carbonyl (C=O) groups excluding carboxylic acids is 1. The van der Waals surface area contributed by atoms with Crippen LogP contribution in [-0.4, -0.2) is 39.7 Å². The Kier molecular flexibility index (Phi) is 5.03. The highest BCUT2D eigenvalue weighted by Gasteiger charge is 2.25. The van der Waals surface area contributed by atoms with Crippen LogP contribution in [0.15, 0.2) is 45.8 Å². The quantitative estimate of drug-likeness (QED) is 0.701. The molecule has 0 saturated heterocycles. The largest absolute Gasteiger partial charge is 0.496 e. The molecule has 0 spiro atoms. The zero-order valence-electron chi connectivity index (χ0n) is 16.1. The van der Waals surface area contributed by atoms with Gasteiger partial charge < -0.3 is 24.5 Å². The van der Waals surface area contributed by atoms with E-state index in [-0.39, 0.29) is 24.0 Å². The summed E-state index contributed by atoms with van der Waals surface area (Å²) in [7, 11) is 1.57. The van der Waals surface area contributed by atoms with E-state index in [1.54, 1.807) is 25.1 Å². The summed E-state index contributed by atoms with van der Waals surface area (Å²) in [5, 5.41) is 6.86. The van der Waals surface area contributed by atoms with Crippen LogP contribution in [0, 0.1) is 0 Å². The molecule has 2 aromatic heterocycles.